The van der Waals surface area contributed by atoms with Crippen molar-refractivity contribution in [3.63, 3.8) is 0 Å². The van der Waals surface area contributed by atoms with Gasteiger partial charge in [-0.2, -0.15) is 0 Å². The highest BCUT2D eigenvalue weighted by Crippen LogP contribution is 2.44. The Kier molecular flexibility index (Phi) is 5.50. The highest BCUT2D eigenvalue weighted by Gasteiger charge is 2.42. The Morgan fingerprint density at radius 3 is 2.65 bits per heavy atom. The van der Waals surface area contributed by atoms with Crippen LogP contribution in [0.3, 0.4) is 0 Å². The molecule has 4 rings (SSSR count). The van der Waals surface area contributed by atoms with E-state index >= 15 is 0 Å². The molecule has 0 radical (unpaired) electrons. The average Bonchev–Trinajstić information content (AvgIpc) is 2.74. The minimum absolute atomic E-state index is 0.0392. The molecule has 0 fully saturated rings. The molecule has 0 bridgehead atoms. The topological polar surface area (TPSA) is 102 Å². The Hall–Kier alpha value is -3.61. The van der Waals surface area contributed by atoms with Crippen molar-refractivity contribution >= 4 is 28.8 Å². The monoisotopic (exact) mass is 417 g/mol. The van der Waals surface area contributed by atoms with E-state index in [4.69, 9.17) is 0 Å². The lowest BCUT2D eigenvalue weighted by Gasteiger charge is -2.35. The molecule has 0 saturated heterocycles. The van der Waals surface area contributed by atoms with Crippen LogP contribution in [0.2, 0.25) is 0 Å². The second-order valence-electron chi connectivity index (χ2n) is 8.00. The van der Waals surface area contributed by atoms with Crippen molar-refractivity contribution in [3.8, 4) is 0 Å². The number of carbonyl (C=O) groups is 2. The highest BCUT2D eigenvalue weighted by molar-refractivity contribution is 6.13. The number of aryl methyl sites for hydroxylation is 1. The van der Waals surface area contributed by atoms with Crippen molar-refractivity contribution in [2.45, 2.75) is 39.0 Å². The van der Waals surface area contributed by atoms with Crippen LogP contribution in [0.25, 0.3) is 0 Å². The van der Waals surface area contributed by atoms with E-state index in [1.54, 1.807) is 19.1 Å². The molecule has 7 heteroatoms. The fourth-order valence-electron chi connectivity index (χ4n) is 4.46. The molecule has 1 heterocycles. The number of carbonyl (C=O) groups excluding carboxylic acids is 2. The lowest BCUT2D eigenvalue weighted by molar-refractivity contribution is -0.384. The number of hydrogen-bond donors (Lipinski definition) is 1. The van der Waals surface area contributed by atoms with Crippen LogP contribution in [-0.4, -0.2) is 22.3 Å². The van der Waals surface area contributed by atoms with Crippen LogP contribution in [0.4, 0.5) is 11.4 Å². The number of anilines is 1. The number of ketones is 1. The summed E-state index contributed by atoms with van der Waals surface area (Å²) in [4.78, 5) is 41.9. The first-order valence-electron chi connectivity index (χ1n) is 10.3. The third kappa shape index (κ3) is 3.91. The normalized spacial score (nSPS) is 20.7. The molecule has 2 aliphatic rings. The Labute approximate surface area is 180 Å². The van der Waals surface area contributed by atoms with Gasteiger partial charge in [0.05, 0.1) is 10.8 Å². The van der Waals surface area contributed by atoms with E-state index in [1.807, 2.05) is 31.2 Å². The van der Waals surface area contributed by atoms with Gasteiger partial charge in [-0.15, -0.1) is 0 Å². The lowest BCUT2D eigenvalue weighted by atomic mass is 9.71. The van der Waals surface area contributed by atoms with Gasteiger partial charge in [-0.1, -0.05) is 30.3 Å². The van der Waals surface area contributed by atoms with Gasteiger partial charge >= 0.3 is 0 Å². The van der Waals surface area contributed by atoms with Crippen LogP contribution in [0.15, 0.2) is 64.8 Å². The Balaban J connectivity index is 1.82. The molecular formula is C24H23N3O4. The van der Waals surface area contributed by atoms with E-state index in [-0.39, 0.29) is 17.4 Å². The van der Waals surface area contributed by atoms with E-state index in [2.05, 4.69) is 10.3 Å². The molecule has 1 amide bonds. The number of nitro groups is 1. The number of allylic oxidation sites excluding steroid dienone is 2. The number of nitro benzene ring substituents is 1. The average molecular weight is 417 g/mol. The number of benzene rings is 2. The molecular weight excluding hydrogens is 394 g/mol. The van der Waals surface area contributed by atoms with Gasteiger partial charge in [0.15, 0.2) is 5.78 Å². The summed E-state index contributed by atoms with van der Waals surface area (Å²) in [5.74, 6) is -1.66. The first-order chi connectivity index (χ1) is 14.9. The van der Waals surface area contributed by atoms with E-state index in [0.29, 0.717) is 41.1 Å². The number of para-hydroxylation sites is 1. The van der Waals surface area contributed by atoms with Crippen molar-refractivity contribution in [2.75, 3.05) is 5.32 Å². The molecule has 158 valence electrons. The number of non-ortho nitro benzene ring substituents is 1. The molecule has 2 aromatic rings. The molecule has 7 nitrogen and oxygen atoms in total. The molecule has 2 atom stereocenters. The number of Topliss-reactive ketones (excluding diaryl/α,β-unsaturated/α-hetero) is 1. The zero-order valence-electron chi connectivity index (χ0n) is 17.4. The maximum atomic E-state index is 13.5. The number of nitrogens with zero attached hydrogens (tertiary/aromatic N) is 2. The summed E-state index contributed by atoms with van der Waals surface area (Å²) >= 11 is 0. The third-order valence-corrected chi connectivity index (χ3v) is 5.96. The van der Waals surface area contributed by atoms with Gasteiger partial charge in [-0.3, -0.25) is 24.7 Å². The minimum Gasteiger partial charge on any atom is -0.325 e. The Morgan fingerprint density at radius 2 is 1.90 bits per heavy atom. The van der Waals surface area contributed by atoms with Gasteiger partial charge in [0.2, 0.25) is 5.91 Å². The Bertz CT molecular complexity index is 1150. The predicted molar refractivity (Wildman–Crippen MR) is 118 cm³/mol. The van der Waals surface area contributed by atoms with Gasteiger partial charge in [0.25, 0.3) is 5.69 Å². The molecule has 2 aromatic carbocycles. The maximum Gasteiger partial charge on any atom is 0.269 e. The van der Waals surface area contributed by atoms with Gasteiger partial charge < -0.3 is 5.32 Å². The van der Waals surface area contributed by atoms with Crippen molar-refractivity contribution in [1.82, 2.24) is 0 Å². The molecule has 1 N–H and O–H groups in total. The standard InChI is InChI=1S/C24H23N3O4/c1-14-7-3-4-10-18(14)26-24(29)21-15(2)25-19-11-6-12-20(28)23(19)22(21)16-8-5-9-17(13-16)27(30)31/h3-5,7-10,13,21-22H,6,11-12H2,1-2H3,(H,26,29)/t21?,22-/m1/s1. The molecule has 31 heavy (non-hydrogen) atoms. The number of rotatable bonds is 4. The van der Waals surface area contributed by atoms with Crippen LogP contribution < -0.4 is 5.32 Å². The third-order valence-electron chi connectivity index (χ3n) is 5.96. The smallest absolute Gasteiger partial charge is 0.269 e. The first kappa shape index (κ1) is 20.7. The van der Waals surface area contributed by atoms with Gasteiger partial charge in [-0.05, 0) is 43.9 Å². The summed E-state index contributed by atoms with van der Waals surface area (Å²) in [6.07, 6.45) is 1.77. The Morgan fingerprint density at radius 1 is 1.13 bits per heavy atom. The van der Waals surface area contributed by atoms with Gasteiger partial charge in [0.1, 0.15) is 0 Å². The molecule has 0 aromatic heterocycles. The van der Waals surface area contributed by atoms with Crippen molar-refractivity contribution in [2.24, 2.45) is 10.9 Å². The largest absolute Gasteiger partial charge is 0.325 e. The van der Waals surface area contributed by atoms with E-state index in [9.17, 15) is 19.7 Å². The summed E-state index contributed by atoms with van der Waals surface area (Å²) in [5.41, 5.74) is 3.94. The molecule has 1 unspecified atom stereocenters. The summed E-state index contributed by atoms with van der Waals surface area (Å²) in [6.45, 7) is 3.69. The van der Waals surface area contributed by atoms with Crippen molar-refractivity contribution in [3.05, 3.63) is 81.0 Å². The van der Waals surface area contributed by atoms with Gasteiger partial charge in [0, 0.05) is 47.1 Å². The number of amides is 1. The zero-order valence-corrected chi connectivity index (χ0v) is 17.4. The molecule has 0 saturated carbocycles. The van der Waals surface area contributed by atoms with Crippen LogP contribution in [0.5, 0.6) is 0 Å². The van der Waals surface area contributed by atoms with E-state index < -0.39 is 16.8 Å². The summed E-state index contributed by atoms with van der Waals surface area (Å²) in [5, 5.41) is 14.3. The van der Waals surface area contributed by atoms with Crippen LogP contribution >= 0.6 is 0 Å². The lowest BCUT2D eigenvalue weighted by Crippen LogP contribution is -2.39. The van der Waals surface area contributed by atoms with E-state index in [1.165, 1.54) is 12.1 Å². The second kappa shape index (κ2) is 8.26. The fourth-order valence-corrected chi connectivity index (χ4v) is 4.46. The summed E-state index contributed by atoms with van der Waals surface area (Å²) in [6, 6.07) is 13.7. The molecule has 1 aliphatic carbocycles. The summed E-state index contributed by atoms with van der Waals surface area (Å²) < 4.78 is 0. The SMILES string of the molecule is CC1=NC2=C(C(=O)CCC2)[C@H](c2cccc([N+](=O)[O-])c2)C1C(=O)Nc1ccccc1C. The highest BCUT2D eigenvalue weighted by atomic mass is 16.6. The zero-order chi connectivity index (χ0) is 22.1. The number of hydrogen-bond acceptors (Lipinski definition) is 5. The maximum absolute atomic E-state index is 13.5. The van der Waals surface area contributed by atoms with Crippen molar-refractivity contribution in [1.29, 1.82) is 0 Å². The van der Waals surface area contributed by atoms with Gasteiger partial charge in [-0.25, -0.2) is 0 Å². The van der Waals surface area contributed by atoms with Crippen LogP contribution in [0.1, 0.15) is 43.2 Å². The van der Waals surface area contributed by atoms with Crippen molar-refractivity contribution < 1.29 is 14.5 Å². The summed E-state index contributed by atoms with van der Waals surface area (Å²) in [7, 11) is 0. The number of nitrogens with one attached hydrogen (secondary N) is 1. The minimum atomic E-state index is -0.734. The first-order valence-corrected chi connectivity index (χ1v) is 10.3. The van der Waals surface area contributed by atoms with Crippen LogP contribution in [-0.2, 0) is 9.59 Å². The molecule has 0 spiro atoms. The predicted octanol–water partition coefficient (Wildman–Crippen LogP) is 4.72. The second-order valence-corrected chi connectivity index (χ2v) is 8.00. The van der Waals surface area contributed by atoms with Crippen LogP contribution in [0, 0.1) is 23.0 Å². The molecule has 1 aliphatic heterocycles. The number of aliphatic imine (C=N–C) groups is 1. The van der Waals surface area contributed by atoms with E-state index in [0.717, 1.165) is 12.0 Å². The quantitative estimate of drug-likeness (QED) is 0.574. The fraction of sp³-hybridized carbons (Fsp3) is 0.292.